The number of rotatable bonds is 3. The van der Waals surface area contributed by atoms with Crippen molar-refractivity contribution in [1.29, 1.82) is 5.26 Å². The van der Waals surface area contributed by atoms with Crippen molar-refractivity contribution in [3.63, 3.8) is 0 Å². The molecular formula is C12H13N5S. The lowest BCUT2D eigenvalue weighted by atomic mass is 10.1. The average molecular weight is 259 g/mol. The van der Waals surface area contributed by atoms with Crippen LogP contribution in [-0.2, 0) is 6.54 Å². The van der Waals surface area contributed by atoms with Crippen LogP contribution in [0, 0.1) is 32.1 Å². The zero-order chi connectivity index (χ0) is 13.1. The summed E-state index contributed by atoms with van der Waals surface area (Å²) in [7, 11) is 0. The second-order valence-electron chi connectivity index (χ2n) is 3.96. The van der Waals surface area contributed by atoms with Crippen molar-refractivity contribution >= 4 is 17.2 Å². The highest BCUT2D eigenvalue weighted by Gasteiger charge is 2.06. The number of aryl methyl sites for hydroxylation is 3. The van der Waals surface area contributed by atoms with Crippen molar-refractivity contribution in [2.45, 2.75) is 27.3 Å². The number of pyridine rings is 1. The molecule has 0 aliphatic rings. The first-order valence-electron chi connectivity index (χ1n) is 5.51. The topological polar surface area (TPSA) is 74.5 Å². The number of nitrogens with zero attached hydrogens (tertiary/aromatic N) is 4. The van der Waals surface area contributed by atoms with Crippen molar-refractivity contribution in [2.75, 3.05) is 5.32 Å². The van der Waals surface area contributed by atoms with Gasteiger partial charge in [-0.05, 0) is 32.4 Å². The van der Waals surface area contributed by atoms with Gasteiger partial charge in [0.2, 0.25) is 0 Å². The Morgan fingerprint density at radius 1 is 1.33 bits per heavy atom. The second-order valence-corrected chi connectivity index (χ2v) is 5.23. The number of nitriles is 1. The van der Waals surface area contributed by atoms with Gasteiger partial charge in [0.25, 0.3) is 0 Å². The van der Waals surface area contributed by atoms with E-state index in [-0.39, 0.29) is 0 Å². The minimum Gasteiger partial charge on any atom is -0.363 e. The van der Waals surface area contributed by atoms with Crippen molar-refractivity contribution in [3.8, 4) is 6.07 Å². The quantitative estimate of drug-likeness (QED) is 0.915. The highest BCUT2D eigenvalue weighted by Crippen LogP contribution is 2.16. The molecule has 0 aliphatic heterocycles. The molecule has 6 heteroatoms. The molecule has 0 aromatic carbocycles. The molecule has 0 aliphatic carbocycles. The van der Waals surface area contributed by atoms with Crippen LogP contribution in [0.15, 0.2) is 6.07 Å². The van der Waals surface area contributed by atoms with Crippen molar-refractivity contribution in [1.82, 2.24) is 15.2 Å². The summed E-state index contributed by atoms with van der Waals surface area (Å²) in [5, 5.41) is 22.0. The third-order valence-electron chi connectivity index (χ3n) is 2.50. The van der Waals surface area contributed by atoms with Gasteiger partial charge < -0.3 is 5.32 Å². The van der Waals surface area contributed by atoms with Gasteiger partial charge in [0.15, 0.2) is 0 Å². The molecule has 0 atom stereocenters. The minimum atomic E-state index is 0.600. The Bertz CT molecular complexity index is 588. The smallest absolute Gasteiger partial charge is 0.136 e. The molecule has 0 radical (unpaired) electrons. The second kappa shape index (κ2) is 5.10. The lowest BCUT2D eigenvalue weighted by Crippen LogP contribution is -2.04. The summed E-state index contributed by atoms with van der Waals surface area (Å²) < 4.78 is 0. The number of anilines is 1. The summed E-state index contributed by atoms with van der Waals surface area (Å²) in [6.07, 6.45) is 0. The van der Waals surface area contributed by atoms with Crippen LogP contribution in [0.4, 0.5) is 5.82 Å². The SMILES string of the molecule is Cc1nnc(CNc2cc(C)c(C#N)c(C)n2)s1. The van der Waals surface area contributed by atoms with E-state index in [2.05, 4.69) is 26.6 Å². The molecule has 2 aromatic heterocycles. The zero-order valence-corrected chi connectivity index (χ0v) is 11.3. The normalized spacial score (nSPS) is 10.1. The van der Waals surface area contributed by atoms with E-state index >= 15 is 0 Å². The highest BCUT2D eigenvalue weighted by molar-refractivity contribution is 7.11. The fourth-order valence-corrected chi connectivity index (χ4v) is 2.31. The van der Waals surface area contributed by atoms with E-state index in [1.54, 1.807) is 11.3 Å². The van der Waals surface area contributed by atoms with Crippen LogP contribution in [0.3, 0.4) is 0 Å². The first kappa shape index (κ1) is 12.5. The van der Waals surface area contributed by atoms with Crippen LogP contribution in [0.5, 0.6) is 0 Å². The molecule has 0 saturated heterocycles. The summed E-state index contributed by atoms with van der Waals surface area (Å²) >= 11 is 1.56. The average Bonchev–Trinajstić information content (AvgIpc) is 2.72. The number of nitrogens with one attached hydrogen (secondary N) is 1. The van der Waals surface area contributed by atoms with Gasteiger partial charge in [0.1, 0.15) is 21.9 Å². The van der Waals surface area contributed by atoms with Crippen LogP contribution < -0.4 is 5.32 Å². The van der Waals surface area contributed by atoms with Crippen LogP contribution in [0.25, 0.3) is 0 Å². The van der Waals surface area contributed by atoms with E-state index in [0.717, 1.165) is 27.1 Å². The maximum Gasteiger partial charge on any atom is 0.136 e. The van der Waals surface area contributed by atoms with Crippen LogP contribution in [-0.4, -0.2) is 15.2 Å². The Kier molecular flexibility index (Phi) is 3.53. The van der Waals surface area contributed by atoms with Crippen LogP contribution in [0.1, 0.15) is 26.8 Å². The molecule has 5 nitrogen and oxygen atoms in total. The molecule has 18 heavy (non-hydrogen) atoms. The lowest BCUT2D eigenvalue weighted by Gasteiger charge is -2.07. The molecule has 0 fully saturated rings. The monoisotopic (exact) mass is 259 g/mol. The molecule has 2 rings (SSSR count). The van der Waals surface area contributed by atoms with E-state index in [0.29, 0.717) is 12.1 Å². The predicted molar refractivity (Wildman–Crippen MR) is 70.4 cm³/mol. The molecule has 92 valence electrons. The molecule has 1 N–H and O–H groups in total. The lowest BCUT2D eigenvalue weighted by molar-refractivity contribution is 0.963. The molecule has 0 saturated carbocycles. The maximum absolute atomic E-state index is 8.97. The minimum absolute atomic E-state index is 0.600. The summed E-state index contributed by atoms with van der Waals surface area (Å²) in [4.78, 5) is 4.35. The first-order valence-corrected chi connectivity index (χ1v) is 6.33. The van der Waals surface area contributed by atoms with Crippen molar-refractivity contribution in [3.05, 3.63) is 32.9 Å². The van der Waals surface area contributed by atoms with E-state index < -0.39 is 0 Å². The molecular weight excluding hydrogens is 246 g/mol. The third-order valence-corrected chi connectivity index (χ3v) is 3.34. The van der Waals surface area contributed by atoms with Gasteiger partial charge in [-0.25, -0.2) is 4.98 Å². The fraction of sp³-hybridized carbons (Fsp3) is 0.333. The number of hydrogen-bond donors (Lipinski definition) is 1. The van der Waals surface area contributed by atoms with E-state index in [9.17, 15) is 0 Å². The molecule has 0 bridgehead atoms. The third kappa shape index (κ3) is 2.63. The largest absolute Gasteiger partial charge is 0.363 e. The van der Waals surface area contributed by atoms with Gasteiger partial charge >= 0.3 is 0 Å². The summed E-state index contributed by atoms with van der Waals surface area (Å²) in [5.41, 5.74) is 2.32. The fourth-order valence-electron chi connectivity index (χ4n) is 1.67. The van der Waals surface area contributed by atoms with Crippen molar-refractivity contribution in [2.24, 2.45) is 0 Å². The maximum atomic E-state index is 8.97. The Morgan fingerprint density at radius 3 is 2.67 bits per heavy atom. The molecule has 0 amide bonds. The van der Waals surface area contributed by atoms with E-state index in [4.69, 9.17) is 5.26 Å². The zero-order valence-electron chi connectivity index (χ0n) is 10.5. The van der Waals surface area contributed by atoms with Gasteiger partial charge in [-0.1, -0.05) is 11.3 Å². The number of aromatic nitrogens is 3. The molecule has 0 spiro atoms. The van der Waals surface area contributed by atoms with Crippen LogP contribution >= 0.6 is 11.3 Å². The Labute approximate surface area is 110 Å². The van der Waals surface area contributed by atoms with Gasteiger partial charge in [-0.15, -0.1) is 10.2 Å². The standard InChI is InChI=1S/C12H13N5S/c1-7-4-11(15-8(2)10(7)5-13)14-6-12-17-16-9(3)18-12/h4H,6H2,1-3H3,(H,14,15). The number of hydrogen-bond acceptors (Lipinski definition) is 6. The van der Waals surface area contributed by atoms with Crippen LogP contribution in [0.2, 0.25) is 0 Å². The van der Waals surface area contributed by atoms with E-state index in [1.165, 1.54) is 0 Å². The van der Waals surface area contributed by atoms with Gasteiger partial charge in [0, 0.05) is 0 Å². The summed E-state index contributed by atoms with van der Waals surface area (Å²) in [6.45, 7) is 6.28. The van der Waals surface area contributed by atoms with Gasteiger partial charge in [-0.3, -0.25) is 0 Å². The Balaban J connectivity index is 2.13. The Hall–Kier alpha value is -2.00. The molecule has 2 heterocycles. The summed E-state index contributed by atoms with van der Waals surface area (Å²) in [5.74, 6) is 0.761. The summed E-state index contributed by atoms with van der Waals surface area (Å²) in [6, 6.07) is 4.03. The molecule has 2 aromatic rings. The van der Waals surface area contributed by atoms with Gasteiger partial charge in [0.05, 0.1) is 17.8 Å². The Morgan fingerprint density at radius 2 is 2.11 bits per heavy atom. The van der Waals surface area contributed by atoms with E-state index in [1.807, 2.05) is 26.8 Å². The molecule has 0 unspecified atom stereocenters. The predicted octanol–water partition coefficient (Wildman–Crippen LogP) is 2.34. The highest BCUT2D eigenvalue weighted by atomic mass is 32.1. The first-order chi connectivity index (χ1) is 8.60. The van der Waals surface area contributed by atoms with Gasteiger partial charge in [-0.2, -0.15) is 5.26 Å². The van der Waals surface area contributed by atoms with Crippen molar-refractivity contribution < 1.29 is 0 Å².